The van der Waals surface area contributed by atoms with E-state index in [4.69, 9.17) is 11.5 Å². The minimum atomic E-state index is 0. The first-order valence-corrected chi connectivity index (χ1v) is 1.00. The summed E-state index contributed by atoms with van der Waals surface area (Å²) in [5.74, 6) is 0. The molecular formula is C2H8BaN2. The zero-order chi connectivity index (χ0) is 4.00. The summed E-state index contributed by atoms with van der Waals surface area (Å²) in [6.07, 6.45) is 0. The van der Waals surface area contributed by atoms with E-state index in [1.165, 1.54) is 14.1 Å². The van der Waals surface area contributed by atoms with Crippen LogP contribution in [0.15, 0.2) is 0 Å². The Hall–Kier alpha value is 1.49. The zero-order valence-corrected chi connectivity index (χ0v) is 8.15. The van der Waals surface area contributed by atoms with Crippen molar-refractivity contribution in [1.29, 1.82) is 0 Å². The molecule has 0 spiro atoms. The van der Waals surface area contributed by atoms with Gasteiger partial charge in [-0.15, -0.1) is 0 Å². The minimum absolute atomic E-state index is 0. The van der Waals surface area contributed by atoms with Gasteiger partial charge in [-0.25, -0.2) is 0 Å². The molecule has 0 aliphatic heterocycles. The second kappa shape index (κ2) is 49.8. The standard InChI is InChI=1S/2CH4N.Ba/c2*1-2;/h2*2H,1H3;/q2*-1;+2. The SMILES string of the molecule is C[NH-].C[NH-].[Ba+2]. The average Bonchev–Trinajstić information content (AvgIpc) is 1.50. The van der Waals surface area contributed by atoms with Gasteiger partial charge in [0.15, 0.2) is 0 Å². The van der Waals surface area contributed by atoms with E-state index < -0.39 is 0 Å². The molecule has 2 N–H and O–H groups in total. The van der Waals surface area contributed by atoms with Crippen LogP contribution in [0.3, 0.4) is 0 Å². The van der Waals surface area contributed by atoms with Gasteiger partial charge in [-0.05, 0) is 0 Å². The maximum Gasteiger partial charge on any atom is 2.00 e. The molecule has 0 amide bonds. The summed E-state index contributed by atoms with van der Waals surface area (Å²) >= 11 is 0. The molecule has 0 heterocycles. The van der Waals surface area contributed by atoms with Crippen LogP contribution in [0.4, 0.5) is 0 Å². The van der Waals surface area contributed by atoms with Crippen LogP contribution in [0.25, 0.3) is 11.5 Å². The second-order valence-corrected chi connectivity index (χ2v) is 0. The Labute approximate surface area is 73.4 Å². The molecule has 0 atom stereocenters. The zero-order valence-electron chi connectivity index (χ0n) is 3.71. The van der Waals surface area contributed by atoms with E-state index in [0.29, 0.717) is 0 Å². The van der Waals surface area contributed by atoms with Crippen molar-refractivity contribution in [2.24, 2.45) is 0 Å². The molecule has 0 fully saturated rings. The van der Waals surface area contributed by atoms with E-state index in [2.05, 4.69) is 0 Å². The molecule has 5 heavy (non-hydrogen) atoms. The van der Waals surface area contributed by atoms with Crippen LogP contribution >= 0.6 is 0 Å². The predicted octanol–water partition coefficient (Wildman–Crippen LogP) is 0.956. The van der Waals surface area contributed by atoms with E-state index in [0.717, 1.165) is 0 Å². The Kier molecular flexibility index (Phi) is 160. The van der Waals surface area contributed by atoms with Crippen LogP contribution in [-0.2, 0) is 0 Å². The van der Waals surface area contributed by atoms with Crippen molar-refractivity contribution < 1.29 is 0 Å². The fourth-order valence-corrected chi connectivity index (χ4v) is 0. The third kappa shape index (κ3) is 30.1. The molecule has 0 bridgehead atoms. The maximum absolute atomic E-state index is 5.75. The Morgan fingerprint density at radius 2 is 0.800 bits per heavy atom. The number of hydrogen-bond donors (Lipinski definition) is 0. The number of nitrogens with one attached hydrogen (secondary N) is 2. The van der Waals surface area contributed by atoms with E-state index in [1.807, 2.05) is 0 Å². The van der Waals surface area contributed by atoms with Gasteiger partial charge >= 0.3 is 48.9 Å². The van der Waals surface area contributed by atoms with E-state index in [-0.39, 0.29) is 48.9 Å². The largest absolute Gasteiger partial charge is 2.00 e. The van der Waals surface area contributed by atoms with Crippen LogP contribution in [0.5, 0.6) is 0 Å². The first kappa shape index (κ1) is 16.1. The van der Waals surface area contributed by atoms with Crippen LogP contribution in [0, 0.1) is 0 Å². The van der Waals surface area contributed by atoms with Crippen LogP contribution < -0.4 is 0 Å². The molecule has 0 saturated heterocycles. The average molecular weight is 197 g/mol. The molecule has 0 rings (SSSR count). The summed E-state index contributed by atoms with van der Waals surface area (Å²) in [4.78, 5) is 0. The first-order valence-electron chi connectivity index (χ1n) is 1.00. The molecule has 3 heteroatoms. The van der Waals surface area contributed by atoms with Gasteiger partial charge in [-0.3, -0.25) is 0 Å². The Morgan fingerprint density at radius 3 is 0.800 bits per heavy atom. The summed E-state index contributed by atoms with van der Waals surface area (Å²) in [6.45, 7) is 0. The number of hydrogen-bond acceptors (Lipinski definition) is 0. The van der Waals surface area contributed by atoms with Crippen molar-refractivity contribution in [2.75, 3.05) is 14.1 Å². The molecule has 0 aromatic carbocycles. The second-order valence-electron chi connectivity index (χ2n) is 0. The molecular weight excluding hydrogens is 189 g/mol. The van der Waals surface area contributed by atoms with Gasteiger partial charge in [-0.2, -0.15) is 14.1 Å². The summed E-state index contributed by atoms with van der Waals surface area (Å²) in [5, 5.41) is 0. The third-order valence-corrected chi connectivity index (χ3v) is 0. The van der Waals surface area contributed by atoms with Gasteiger partial charge in [-0.1, -0.05) is 0 Å². The van der Waals surface area contributed by atoms with E-state index in [9.17, 15) is 0 Å². The normalized spacial score (nSPS) is 2.40. The smallest absolute Gasteiger partial charge is 0.680 e. The summed E-state index contributed by atoms with van der Waals surface area (Å²) in [5.41, 5.74) is 11.5. The fraction of sp³-hybridized carbons (Fsp3) is 1.00. The summed E-state index contributed by atoms with van der Waals surface area (Å²) in [7, 11) is 2.50. The van der Waals surface area contributed by atoms with Gasteiger partial charge in [0.05, 0.1) is 0 Å². The van der Waals surface area contributed by atoms with E-state index >= 15 is 0 Å². The monoisotopic (exact) mass is 198 g/mol. The van der Waals surface area contributed by atoms with Crippen molar-refractivity contribution in [1.82, 2.24) is 0 Å². The molecule has 0 aromatic heterocycles. The Morgan fingerprint density at radius 1 is 0.800 bits per heavy atom. The van der Waals surface area contributed by atoms with Crippen molar-refractivity contribution in [3.05, 3.63) is 11.5 Å². The van der Waals surface area contributed by atoms with Crippen LogP contribution in [0.2, 0.25) is 0 Å². The quantitative estimate of drug-likeness (QED) is 0.519. The molecule has 0 radical (unpaired) electrons. The predicted molar refractivity (Wildman–Crippen MR) is 26.2 cm³/mol. The summed E-state index contributed by atoms with van der Waals surface area (Å²) < 4.78 is 0. The van der Waals surface area contributed by atoms with Crippen LogP contribution in [0.1, 0.15) is 0 Å². The molecule has 28 valence electrons. The van der Waals surface area contributed by atoms with Crippen molar-refractivity contribution in [3.8, 4) is 0 Å². The van der Waals surface area contributed by atoms with Crippen molar-refractivity contribution in [3.63, 3.8) is 0 Å². The minimum Gasteiger partial charge on any atom is -0.680 e. The maximum atomic E-state index is 5.75. The molecule has 0 aliphatic rings. The molecule has 0 aromatic rings. The van der Waals surface area contributed by atoms with Crippen molar-refractivity contribution in [2.45, 2.75) is 0 Å². The van der Waals surface area contributed by atoms with Gasteiger partial charge < -0.3 is 11.5 Å². The third-order valence-electron chi connectivity index (χ3n) is 0. The number of rotatable bonds is 0. The Balaban J connectivity index is -0.0000000133. The van der Waals surface area contributed by atoms with Gasteiger partial charge in [0.25, 0.3) is 0 Å². The topological polar surface area (TPSA) is 47.6 Å². The molecule has 0 unspecified atom stereocenters. The fourth-order valence-electron chi connectivity index (χ4n) is 0. The van der Waals surface area contributed by atoms with Gasteiger partial charge in [0.2, 0.25) is 0 Å². The molecule has 0 saturated carbocycles. The molecule has 2 nitrogen and oxygen atoms in total. The summed E-state index contributed by atoms with van der Waals surface area (Å²) in [6, 6.07) is 0. The first-order chi connectivity index (χ1) is 2.00. The Bertz CT molecular complexity index is 7.61. The van der Waals surface area contributed by atoms with Gasteiger partial charge in [0.1, 0.15) is 0 Å². The van der Waals surface area contributed by atoms with Crippen molar-refractivity contribution >= 4 is 48.9 Å². The van der Waals surface area contributed by atoms with E-state index in [1.54, 1.807) is 0 Å². The van der Waals surface area contributed by atoms with Gasteiger partial charge in [0, 0.05) is 0 Å². The van der Waals surface area contributed by atoms with Crippen LogP contribution in [-0.4, -0.2) is 63.0 Å². The molecule has 0 aliphatic carbocycles.